The van der Waals surface area contributed by atoms with Crippen molar-refractivity contribution in [2.75, 3.05) is 12.1 Å². The second-order valence-corrected chi connectivity index (χ2v) is 6.75. The van der Waals surface area contributed by atoms with E-state index in [2.05, 4.69) is 15.3 Å². The lowest BCUT2D eigenvalue weighted by molar-refractivity contribution is -0.385. The van der Waals surface area contributed by atoms with E-state index in [4.69, 9.17) is 14.2 Å². The van der Waals surface area contributed by atoms with Crippen LogP contribution in [0.2, 0.25) is 0 Å². The van der Waals surface area contributed by atoms with Gasteiger partial charge in [0.15, 0.2) is 11.5 Å². The van der Waals surface area contributed by atoms with Crippen molar-refractivity contribution in [3.63, 3.8) is 0 Å². The van der Waals surface area contributed by atoms with Crippen LogP contribution in [-0.2, 0) is 6.54 Å². The van der Waals surface area contributed by atoms with Crippen LogP contribution in [0.4, 0.5) is 11.5 Å². The van der Waals surface area contributed by atoms with E-state index in [1.54, 1.807) is 12.1 Å². The standard InChI is InChI=1S/C22H16N4O5/c27-26(28)20-21(23-11-14-8-9-18-19(10-14)30-13-29-18)24-12-25-22(20)31-17-7-3-5-15-4-1-2-6-16(15)17/h1-10,12H,11,13H2,(H,23,24,25). The van der Waals surface area contributed by atoms with E-state index in [1.807, 2.05) is 48.5 Å². The fraction of sp³-hybridized carbons (Fsp3) is 0.0909. The Balaban J connectivity index is 1.44. The maximum atomic E-state index is 11.8. The van der Waals surface area contributed by atoms with Crippen LogP contribution in [0.3, 0.4) is 0 Å². The molecular weight excluding hydrogens is 400 g/mol. The number of fused-ring (bicyclic) bond motifs is 2. The molecule has 31 heavy (non-hydrogen) atoms. The molecule has 1 aliphatic rings. The largest absolute Gasteiger partial charge is 0.454 e. The maximum Gasteiger partial charge on any atom is 0.373 e. The molecule has 9 nitrogen and oxygen atoms in total. The van der Waals surface area contributed by atoms with Crippen molar-refractivity contribution in [1.29, 1.82) is 0 Å². The Bertz CT molecular complexity index is 1290. The fourth-order valence-corrected chi connectivity index (χ4v) is 3.36. The first-order valence-electron chi connectivity index (χ1n) is 9.46. The average Bonchev–Trinajstić information content (AvgIpc) is 3.26. The van der Waals surface area contributed by atoms with Crippen molar-refractivity contribution in [1.82, 2.24) is 9.97 Å². The van der Waals surface area contributed by atoms with Gasteiger partial charge in [-0.25, -0.2) is 4.98 Å². The number of nitro groups is 1. The van der Waals surface area contributed by atoms with Crippen molar-refractivity contribution in [3.05, 3.63) is 82.7 Å². The maximum absolute atomic E-state index is 11.8. The number of ether oxygens (including phenoxy) is 3. The second-order valence-electron chi connectivity index (χ2n) is 6.75. The molecule has 0 fully saturated rings. The first-order chi connectivity index (χ1) is 15.2. The fourth-order valence-electron chi connectivity index (χ4n) is 3.36. The number of hydrogen-bond donors (Lipinski definition) is 1. The molecule has 4 aromatic rings. The summed E-state index contributed by atoms with van der Waals surface area (Å²) in [5.41, 5.74) is 0.518. The van der Waals surface area contributed by atoms with Gasteiger partial charge in [-0.1, -0.05) is 42.5 Å². The zero-order valence-electron chi connectivity index (χ0n) is 16.1. The third-order valence-electron chi connectivity index (χ3n) is 4.82. The van der Waals surface area contributed by atoms with E-state index in [1.165, 1.54) is 6.33 Å². The monoisotopic (exact) mass is 416 g/mol. The summed E-state index contributed by atoms with van der Waals surface area (Å²) in [6.07, 6.45) is 1.23. The molecular formula is C22H16N4O5. The number of rotatable bonds is 6. The molecule has 9 heteroatoms. The predicted molar refractivity (Wildman–Crippen MR) is 113 cm³/mol. The van der Waals surface area contributed by atoms with E-state index in [0.717, 1.165) is 16.3 Å². The molecule has 5 rings (SSSR count). The first-order valence-corrected chi connectivity index (χ1v) is 9.46. The van der Waals surface area contributed by atoms with Crippen molar-refractivity contribution < 1.29 is 19.1 Å². The Labute approximate surface area is 176 Å². The summed E-state index contributed by atoms with van der Waals surface area (Å²) < 4.78 is 16.5. The average molecular weight is 416 g/mol. The summed E-state index contributed by atoms with van der Waals surface area (Å²) in [5, 5.41) is 16.6. The van der Waals surface area contributed by atoms with Gasteiger partial charge in [-0.2, -0.15) is 4.98 Å². The van der Waals surface area contributed by atoms with E-state index in [0.29, 0.717) is 23.8 Å². The van der Waals surface area contributed by atoms with Crippen LogP contribution in [0.25, 0.3) is 10.8 Å². The van der Waals surface area contributed by atoms with Crippen LogP contribution in [0, 0.1) is 10.1 Å². The summed E-state index contributed by atoms with van der Waals surface area (Å²) in [7, 11) is 0. The Hall–Kier alpha value is -4.40. The summed E-state index contributed by atoms with van der Waals surface area (Å²) in [6.45, 7) is 0.473. The highest BCUT2D eigenvalue weighted by Gasteiger charge is 2.25. The molecule has 0 unspecified atom stereocenters. The van der Waals surface area contributed by atoms with Crippen LogP contribution in [0.1, 0.15) is 5.56 Å². The highest BCUT2D eigenvalue weighted by molar-refractivity contribution is 5.88. The molecule has 0 amide bonds. The Kier molecular flexibility index (Phi) is 4.68. The summed E-state index contributed by atoms with van der Waals surface area (Å²) in [6, 6.07) is 18.6. The van der Waals surface area contributed by atoms with Crippen LogP contribution in [0.5, 0.6) is 23.1 Å². The number of benzene rings is 3. The minimum Gasteiger partial charge on any atom is -0.454 e. The van der Waals surface area contributed by atoms with Crippen LogP contribution < -0.4 is 19.5 Å². The lowest BCUT2D eigenvalue weighted by Crippen LogP contribution is -2.07. The van der Waals surface area contributed by atoms with E-state index in [9.17, 15) is 10.1 Å². The quantitative estimate of drug-likeness (QED) is 0.357. The lowest BCUT2D eigenvalue weighted by Gasteiger charge is -2.11. The summed E-state index contributed by atoms with van der Waals surface area (Å²) in [5.74, 6) is 1.71. The molecule has 0 saturated carbocycles. The number of aromatic nitrogens is 2. The van der Waals surface area contributed by atoms with Gasteiger partial charge in [0, 0.05) is 11.9 Å². The van der Waals surface area contributed by atoms with Crippen LogP contribution >= 0.6 is 0 Å². The molecule has 0 aliphatic carbocycles. The summed E-state index contributed by atoms with van der Waals surface area (Å²) >= 11 is 0. The van der Waals surface area contributed by atoms with Gasteiger partial charge in [-0.05, 0) is 29.1 Å². The number of hydrogen-bond acceptors (Lipinski definition) is 8. The molecule has 1 aliphatic heterocycles. The van der Waals surface area contributed by atoms with Crippen molar-refractivity contribution in [2.45, 2.75) is 6.54 Å². The molecule has 0 bridgehead atoms. The minimum absolute atomic E-state index is 0.0629. The molecule has 1 aromatic heterocycles. The van der Waals surface area contributed by atoms with E-state index >= 15 is 0 Å². The number of anilines is 1. The van der Waals surface area contributed by atoms with Crippen LogP contribution in [-0.4, -0.2) is 21.7 Å². The molecule has 3 aromatic carbocycles. The summed E-state index contributed by atoms with van der Waals surface area (Å²) in [4.78, 5) is 19.3. The van der Waals surface area contributed by atoms with Gasteiger partial charge in [0.25, 0.3) is 0 Å². The van der Waals surface area contributed by atoms with Crippen molar-refractivity contribution in [3.8, 4) is 23.1 Å². The van der Waals surface area contributed by atoms with Gasteiger partial charge < -0.3 is 19.5 Å². The topological polar surface area (TPSA) is 109 Å². The van der Waals surface area contributed by atoms with E-state index in [-0.39, 0.29) is 24.2 Å². The third kappa shape index (κ3) is 3.64. The Morgan fingerprint density at radius 1 is 1.03 bits per heavy atom. The van der Waals surface area contributed by atoms with Gasteiger partial charge in [0.1, 0.15) is 12.1 Å². The lowest BCUT2D eigenvalue weighted by atomic mass is 10.1. The molecule has 1 N–H and O–H groups in total. The van der Waals surface area contributed by atoms with Gasteiger partial charge in [0.05, 0.1) is 4.92 Å². The van der Waals surface area contributed by atoms with Gasteiger partial charge in [0.2, 0.25) is 12.6 Å². The first kappa shape index (κ1) is 18.6. The van der Waals surface area contributed by atoms with Crippen molar-refractivity contribution in [2.24, 2.45) is 0 Å². The van der Waals surface area contributed by atoms with E-state index < -0.39 is 4.92 Å². The minimum atomic E-state index is -0.553. The van der Waals surface area contributed by atoms with Crippen molar-refractivity contribution >= 4 is 22.3 Å². The second kappa shape index (κ2) is 7.79. The van der Waals surface area contributed by atoms with Crippen LogP contribution in [0.15, 0.2) is 67.0 Å². The van der Waals surface area contributed by atoms with Gasteiger partial charge >= 0.3 is 11.6 Å². The molecule has 0 saturated heterocycles. The Morgan fingerprint density at radius 2 is 1.87 bits per heavy atom. The molecule has 154 valence electrons. The Morgan fingerprint density at radius 3 is 2.77 bits per heavy atom. The predicted octanol–water partition coefficient (Wildman–Crippen LogP) is 4.67. The smallest absolute Gasteiger partial charge is 0.373 e. The number of nitrogens with zero attached hydrogens (tertiary/aromatic N) is 3. The highest BCUT2D eigenvalue weighted by Crippen LogP contribution is 2.37. The zero-order valence-corrected chi connectivity index (χ0v) is 16.1. The zero-order chi connectivity index (χ0) is 21.2. The highest BCUT2D eigenvalue weighted by atomic mass is 16.7. The molecule has 2 heterocycles. The third-order valence-corrected chi connectivity index (χ3v) is 4.82. The SMILES string of the molecule is O=[N+]([O-])c1c(NCc2ccc3c(c2)OCO3)ncnc1Oc1cccc2ccccc12. The normalized spacial score (nSPS) is 12.0. The van der Waals surface area contributed by atoms with Gasteiger partial charge in [-0.15, -0.1) is 0 Å². The molecule has 0 radical (unpaired) electrons. The number of nitrogens with one attached hydrogen (secondary N) is 1. The molecule has 0 atom stereocenters. The molecule has 0 spiro atoms. The van der Waals surface area contributed by atoms with Gasteiger partial charge in [-0.3, -0.25) is 10.1 Å².